The molecule has 1 aliphatic heterocycles. The van der Waals surface area contributed by atoms with Crippen molar-refractivity contribution in [2.75, 3.05) is 60.5 Å². The topological polar surface area (TPSA) is 86.7 Å². The van der Waals surface area contributed by atoms with E-state index in [2.05, 4.69) is 15.2 Å². The molecule has 0 spiro atoms. The van der Waals surface area contributed by atoms with Crippen molar-refractivity contribution in [2.24, 2.45) is 4.99 Å². The molecule has 0 radical (unpaired) electrons. The molecular weight excluding hydrogens is 374 g/mol. The molecular formula is C20H31N5O4. The number of amides is 2. The average Bonchev–Trinajstić information content (AvgIpc) is 2.73. The van der Waals surface area contributed by atoms with Crippen LogP contribution in [0.5, 0.6) is 5.75 Å². The Hall–Kier alpha value is -2.97. The zero-order valence-corrected chi connectivity index (χ0v) is 17.7. The van der Waals surface area contributed by atoms with E-state index in [1.807, 2.05) is 24.3 Å². The van der Waals surface area contributed by atoms with Gasteiger partial charge in [0.1, 0.15) is 5.75 Å². The van der Waals surface area contributed by atoms with E-state index in [0.717, 1.165) is 11.5 Å². The van der Waals surface area contributed by atoms with Crippen molar-refractivity contribution in [3.05, 3.63) is 29.8 Å². The minimum atomic E-state index is -0.264. The summed E-state index contributed by atoms with van der Waals surface area (Å²) in [5.74, 6) is 1.34. The highest BCUT2D eigenvalue weighted by molar-refractivity contribution is 5.80. The summed E-state index contributed by atoms with van der Waals surface area (Å²) < 4.78 is 10.6. The molecule has 1 N–H and O–H groups in total. The Balaban J connectivity index is 1.84. The summed E-state index contributed by atoms with van der Waals surface area (Å²) in [5, 5.41) is 3.35. The monoisotopic (exact) mass is 405 g/mol. The molecule has 160 valence electrons. The van der Waals surface area contributed by atoms with Crippen LogP contribution in [0.3, 0.4) is 0 Å². The van der Waals surface area contributed by atoms with Gasteiger partial charge in [0.05, 0.1) is 6.61 Å². The number of hydrogen-bond donors (Lipinski definition) is 1. The zero-order valence-electron chi connectivity index (χ0n) is 17.7. The minimum absolute atomic E-state index is 0.0102. The summed E-state index contributed by atoms with van der Waals surface area (Å²) in [4.78, 5) is 33.2. The van der Waals surface area contributed by atoms with Crippen LogP contribution in [0.1, 0.15) is 12.5 Å². The molecule has 1 aromatic rings. The summed E-state index contributed by atoms with van der Waals surface area (Å²) in [6.07, 6.45) is -0.264. The van der Waals surface area contributed by atoms with Crippen molar-refractivity contribution in [3.63, 3.8) is 0 Å². The highest BCUT2D eigenvalue weighted by Crippen LogP contribution is 2.13. The Kier molecular flexibility index (Phi) is 8.57. The largest absolute Gasteiger partial charge is 0.484 e. The van der Waals surface area contributed by atoms with Gasteiger partial charge in [-0.25, -0.2) is 4.79 Å². The molecule has 9 heteroatoms. The van der Waals surface area contributed by atoms with Gasteiger partial charge in [0.25, 0.3) is 5.91 Å². The van der Waals surface area contributed by atoms with E-state index >= 15 is 0 Å². The molecule has 0 aromatic heterocycles. The van der Waals surface area contributed by atoms with Gasteiger partial charge in [-0.05, 0) is 24.6 Å². The van der Waals surface area contributed by atoms with Crippen molar-refractivity contribution in [3.8, 4) is 5.75 Å². The van der Waals surface area contributed by atoms with Gasteiger partial charge < -0.3 is 29.5 Å². The standard InChI is InChI=1S/C20H31N5O4/c1-5-28-20(27)25-11-9-24(10-12-25)19(21-2)22-14-16-7-6-8-17(13-16)29-15-18(26)23(3)4/h6-8,13H,5,9-12,14-15H2,1-4H3,(H,21,22). The van der Waals surface area contributed by atoms with Crippen molar-refractivity contribution in [1.82, 2.24) is 20.0 Å². The molecule has 0 unspecified atom stereocenters. The van der Waals surface area contributed by atoms with Crippen LogP contribution in [0.4, 0.5) is 4.79 Å². The molecule has 0 bridgehead atoms. The summed E-state index contributed by atoms with van der Waals surface area (Å²) in [7, 11) is 5.14. The predicted molar refractivity (Wildman–Crippen MR) is 111 cm³/mol. The zero-order chi connectivity index (χ0) is 21.2. The second-order valence-electron chi connectivity index (χ2n) is 6.80. The van der Waals surface area contributed by atoms with E-state index in [9.17, 15) is 9.59 Å². The van der Waals surface area contributed by atoms with E-state index in [1.54, 1.807) is 33.0 Å². The summed E-state index contributed by atoms with van der Waals surface area (Å²) >= 11 is 0. The first-order chi connectivity index (χ1) is 13.9. The van der Waals surface area contributed by atoms with Crippen LogP contribution in [0.2, 0.25) is 0 Å². The van der Waals surface area contributed by atoms with E-state index < -0.39 is 0 Å². The van der Waals surface area contributed by atoms with Gasteiger partial charge in [-0.1, -0.05) is 12.1 Å². The second kappa shape index (κ2) is 11.1. The summed E-state index contributed by atoms with van der Waals surface area (Å²) in [5.41, 5.74) is 1.02. The van der Waals surface area contributed by atoms with E-state index in [0.29, 0.717) is 45.1 Å². The first kappa shape index (κ1) is 22.3. The Labute approximate surface area is 172 Å². The number of piperazine rings is 1. The smallest absolute Gasteiger partial charge is 0.409 e. The molecule has 0 atom stereocenters. The molecule has 1 aliphatic rings. The molecule has 29 heavy (non-hydrogen) atoms. The van der Waals surface area contributed by atoms with Gasteiger partial charge in [-0.2, -0.15) is 0 Å². The number of rotatable bonds is 6. The molecule has 1 aromatic carbocycles. The van der Waals surface area contributed by atoms with Crippen molar-refractivity contribution in [2.45, 2.75) is 13.5 Å². The first-order valence-electron chi connectivity index (χ1n) is 9.73. The van der Waals surface area contributed by atoms with Crippen molar-refractivity contribution in [1.29, 1.82) is 0 Å². The Morgan fingerprint density at radius 1 is 1.17 bits per heavy atom. The fourth-order valence-electron chi connectivity index (χ4n) is 2.85. The van der Waals surface area contributed by atoms with E-state index in [-0.39, 0.29) is 18.6 Å². The number of ether oxygens (including phenoxy) is 2. The van der Waals surface area contributed by atoms with Gasteiger partial charge in [-0.3, -0.25) is 9.79 Å². The number of carbonyl (C=O) groups is 2. The van der Waals surface area contributed by atoms with Crippen LogP contribution in [-0.4, -0.2) is 93.2 Å². The van der Waals surface area contributed by atoms with Crippen LogP contribution in [0, 0.1) is 0 Å². The van der Waals surface area contributed by atoms with Crippen LogP contribution < -0.4 is 10.1 Å². The SMILES string of the molecule is CCOC(=O)N1CCN(C(=NC)NCc2cccc(OCC(=O)N(C)C)c2)CC1. The number of carbonyl (C=O) groups excluding carboxylic acids is 2. The maximum Gasteiger partial charge on any atom is 0.409 e. The van der Waals surface area contributed by atoms with Crippen LogP contribution in [0.25, 0.3) is 0 Å². The number of guanidine groups is 1. The maximum atomic E-state index is 11.8. The third kappa shape index (κ3) is 6.85. The predicted octanol–water partition coefficient (Wildman–Crippen LogP) is 1.00. The Morgan fingerprint density at radius 2 is 1.86 bits per heavy atom. The number of nitrogens with zero attached hydrogens (tertiary/aromatic N) is 4. The summed E-state index contributed by atoms with van der Waals surface area (Å²) in [6.45, 7) is 5.35. The highest BCUT2D eigenvalue weighted by atomic mass is 16.6. The normalized spacial score (nSPS) is 14.4. The number of aliphatic imine (C=N–C) groups is 1. The molecule has 2 amide bonds. The number of nitrogens with one attached hydrogen (secondary N) is 1. The fraction of sp³-hybridized carbons (Fsp3) is 0.550. The lowest BCUT2D eigenvalue weighted by Crippen LogP contribution is -2.53. The van der Waals surface area contributed by atoms with E-state index in [4.69, 9.17) is 9.47 Å². The molecule has 2 rings (SSSR count). The van der Waals surface area contributed by atoms with Crippen molar-refractivity contribution < 1.29 is 19.1 Å². The molecule has 1 heterocycles. The molecule has 9 nitrogen and oxygen atoms in total. The minimum Gasteiger partial charge on any atom is -0.484 e. The van der Waals surface area contributed by atoms with Crippen molar-refractivity contribution >= 4 is 18.0 Å². The van der Waals surface area contributed by atoms with Gasteiger partial charge in [0.15, 0.2) is 12.6 Å². The quantitative estimate of drug-likeness (QED) is 0.561. The molecule has 0 aliphatic carbocycles. The first-order valence-corrected chi connectivity index (χ1v) is 9.73. The molecule has 1 fully saturated rings. The molecule has 0 saturated carbocycles. The lowest BCUT2D eigenvalue weighted by Gasteiger charge is -2.35. The van der Waals surface area contributed by atoms with Crippen LogP contribution >= 0.6 is 0 Å². The third-order valence-electron chi connectivity index (χ3n) is 4.53. The Morgan fingerprint density at radius 3 is 2.48 bits per heavy atom. The highest BCUT2D eigenvalue weighted by Gasteiger charge is 2.23. The second-order valence-corrected chi connectivity index (χ2v) is 6.80. The third-order valence-corrected chi connectivity index (χ3v) is 4.53. The molecule has 1 saturated heterocycles. The van der Waals surface area contributed by atoms with Crippen LogP contribution in [-0.2, 0) is 16.1 Å². The van der Waals surface area contributed by atoms with E-state index in [1.165, 1.54) is 4.90 Å². The Bertz CT molecular complexity index is 715. The van der Waals surface area contributed by atoms with Gasteiger partial charge in [-0.15, -0.1) is 0 Å². The lowest BCUT2D eigenvalue weighted by molar-refractivity contribution is -0.130. The average molecular weight is 405 g/mol. The van der Waals surface area contributed by atoms with Gasteiger partial charge in [0.2, 0.25) is 0 Å². The van der Waals surface area contributed by atoms with Gasteiger partial charge in [0, 0.05) is 53.9 Å². The number of hydrogen-bond acceptors (Lipinski definition) is 5. The van der Waals surface area contributed by atoms with Gasteiger partial charge >= 0.3 is 6.09 Å². The van der Waals surface area contributed by atoms with Crippen LogP contribution in [0.15, 0.2) is 29.3 Å². The number of benzene rings is 1. The maximum absolute atomic E-state index is 11.8. The summed E-state index contributed by atoms with van der Waals surface area (Å²) in [6, 6.07) is 7.62. The number of likely N-dealkylation sites (N-methyl/N-ethyl adjacent to an activating group) is 1. The fourth-order valence-corrected chi connectivity index (χ4v) is 2.85. The lowest BCUT2D eigenvalue weighted by atomic mass is 10.2.